The fourth-order valence-electron chi connectivity index (χ4n) is 3.84. The minimum Gasteiger partial charge on any atom is -0.368 e. The first-order valence-corrected chi connectivity index (χ1v) is 10.6. The van der Waals surface area contributed by atoms with E-state index < -0.39 is 0 Å². The van der Waals surface area contributed by atoms with Crippen molar-refractivity contribution in [1.82, 2.24) is 4.90 Å². The summed E-state index contributed by atoms with van der Waals surface area (Å²) in [5, 5.41) is 1.21. The van der Waals surface area contributed by atoms with Crippen molar-refractivity contribution in [2.45, 2.75) is 6.42 Å². The average Bonchev–Trinajstić information content (AvgIpc) is 2.75. The van der Waals surface area contributed by atoms with Crippen LogP contribution in [0.5, 0.6) is 0 Å². The zero-order valence-corrected chi connectivity index (χ0v) is 17.6. The van der Waals surface area contributed by atoms with Gasteiger partial charge in [0.25, 0.3) is 0 Å². The Morgan fingerprint density at radius 1 is 0.793 bits per heavy atom. The van der Waals surface area contributed by atoms with Gasteiger partial charge < -0.3 is 4.90 Å². The molecule has 0 radical (unpaired) electrons. The lowest BCUT2D eigenvalue weighted by molar-refractivity contribution is 0.261. The Hall–Kier alpha value is -2.07. The number of rotatable bonds is 5. The molecular weight excluding hydrogens is 406 g/mol. The summed E-state index contributed by atoms with van der Waals surface area (Å²) in [6, 6.07) is 20.9. The summed E-state index contributed by atoms with van der Waals surface area (Å²) in [4.78, 5) is 4.87. The van der Waals surface area contributed by atoms with Gasteiger partial charge in [0.05, 0.1) is 10.0 Å². The summed E-state index contributed by atoms with van der Waals surface area (Å²) < 4.78 is 13.7. The van der Waals surface area contributed by atoms with Gasteiger partial charge >= 0.3 is 0 Å². The van der Waals surface area contributed by atoms with Crippen molar-refractivity contribution < 1.29 is 4.39 Å². The Morgan fingerprint density at radius 3 is 2.34 bits per heavy atom. The third-order valence-electron chi connectivity index (χ3n) is 5.45. The highest BCUT2D eigenvalue weighted by Crippen LogP contribution is 2.31. The number of anilines is 1. The molecule has 0 amide bonds. The number of para-hydroxylation sites is 1. The molecule has 0 unspecified atom stereocenters. The topological polar surface area (TPSA) is 6.48 Å². The molecule has 1 aliphatic rings. The van der Waals surface area contributed by atoms with Crippen molar-refractivity contribution in [1.29, 1.82) is 0 Å². The van der Waals surface area contributed by atoms with E-state index in [2.05, 4.69) is 28.0 Å². The predicted molar refractivity (Wildman–Crippen MR) is 121 cm³/mol. The molecule has 1 heterocycles. The lowest BCUT2D eigenvalue weighted by Gasteiger charge is -2.37. The van der Waals surface area contributed by atoms with Gasteiger partial charge in [-0.2, -0.15) is 0 Å². The number of hydrogen-bond donors (Lipinski definition) is 0. The first-order chi connectivity index (χ1) is 14.1. The molecular formula is C24H23Cl2FN2. The van der Waals surface area contributed by atoms with Crippen molar-refractivity contribution in [3.63, 3.8) is 0 Å². The van der Waals surface area contributed by atoms with Crippen LogP contribution >= 0.6 is 23.2 Å². The minimum atomic E-state index is -0.204. The number of nitrogens with zero attached hydrogens (tertiary/aromatic N) is 2. The maximum atomic E-state index is 13.7. The molecule has 0 saturated carbocycles. The molecule has 1 saturated heterocycles. The molecule has 0 aromatic heterocycles. The molecule has 150 valence electrons. The number of hydrogen-bond acceptors (Lipinski definition) is 2. The van der Waals surface area contributed by atoms with Gasteiger partial charge in [-0.25, -0.2) is 4.39 Å². The predicted octanol–water partition coefficient (Wildman–Crippen LogP) is 6.16. The van der Waals surface area contributed by atoms with E-state index in [9.17, 15) is 4.39 Å². The van der Waals surface area contributed by atoms with Crippen LogP contribution in [0.4, 0.5) is 10.1 Å². The molecule has 0 N–H and O–H groups in total. The first kappa shape index (κ1) is 20.2. The number of piperazine rings is 1. The SMILES string of the molecule is Fc1cccc(-c2ccccc2N2CCN(CCc3ccc(Cl)c(Cl)c3)CC2)c1. The van der Waals surface area contributed by atoms with E-state index in [1.807, 2.05) is 30.3 Å². The quantitative estimate of drug-likeness (QED) is 0.479. The molecule has 3 aromatic rings. The summed E-state index contributed by atoms with van der Waals surface area (Å²) >= 11 is 12.1. The van der Waals surface area contributed by atoms with Crippen LogP contribution in [0.15, 0.2) is 66.7 Å². The molecule has 0 aliphatic carbocycles. The maximum Gasteiger partial charge on any atom is 0.123 e. The molecule has 3 aromatic carbocycles. The molecule has 29 heavy (non-hydrogen) atoms. The third kappa shape index (κ3) is 4.92. The molecule has 0 spiro atoms. The van der Waals surface area contributed by atoms with Gasteiger partial charge in [0.2, 0.25) is 0 Å². The Bertz CT molecular complexity index is 984. The summed E-state index contributed by atoms with van der Waals surface area (Å²) in [5.41, 5.74) is 4.37. The Kier molecular flexibility index (Phi) is 6.39. The van der Waals surface area contributed by atoms with Gasteiger partial charge in [-0.05, 0) is 47.9 Å². The normalized spacial score (nSPS) is 14.9. The van der Waals surface area contributed by atoms with Crippen LogP contribution in [0.25, 0.3) is 11.1 Å². The van der Waals surface area contributed by atoms with E-state index in [0.29, 0.717) is 10.0 Å². The molecule has 1 fully saturated rings. The molecule has 4 rings (SSSR count). The molecule has 1 aliphatic heterocycles. The summed E-state index contributed by atoms with van der Waals surface area (Å²) in [6.45, 7) is 4.90. The lowest BCUT2D eigenvalue weighted by Crippen LogP contribution is -2.47. The summed E-state index contributed by atoms with van der Waals surface area (Å²) in [7, 11) is 0. The van der Waals surface area contributed by atoms with E-state index in [1.165, 1.54) is 17.3 Å². The Balaban J connectivity index is 1.39. The largest absolute Gasteiger partial charge is 0.368 e. The minimum absolute atomic E-state index is 0.204. The molecule has 5 heteroatoms. The van der Waals surface area contributed by atoms with Crippen molar-refractivity contribution in [3.05, 3.63) is 88.2 Å². The maximum absolute atomic E-state index is 13.7. The van der Waals surface area contributed by atoms with Crippen molar-refractivity contribution in [3.8, 4) is 11.1 Å². The zero-order valence-electron chi connectivity index (χ0n) is 16.1. The fourth-order valence-corrected chi connectivity index (χ4v) is 4.16. The molecule has 0 atom stereocenters. The Labute approximate surface area is 181 Å². The van der Waals surface area contributed by atoms with Crippen LogP contribution in [0.3, 0.4) is 0 Å². The third-order valence-corrected chi connectivity index (χ3v) is 6.19. The van der Waals surface area contributed by atoms with Crippen molar-refractivity contribution >= 4 is 28.9 Å². The van der Waals surface area contributed by atoms with E-state index >= 15 is 0 Å². The fraction of sp³-hybridized carbons (Fsp3) is 0.250. The van der Waals surface area contributed by atoms with Gasteiger partial charge in [-0.1, -0.05) is 59.6 Å². The van der Waals surface area contributed by atoms with Gasteiger partial charge in [0, 0.05) is 44.0 Å². The van der Waals surface area contributed by atoms with Crippen LogP contribution in [-0.4, -0.2) is 37.6 Å². The van der Waals surface area contributed by atoms with Crippen LogP contribution in [0.2, 0.25) is 10.0 Å². The van der Waals surface area contributed by atoms with Crippen LogP contribution in [0, 0.1) is 5.82 Å². The summed E-state index contributed by atoms with van der Waals surface area (Å²) in [5.74, 6) is -0.204. The smallest absolute Gasteiger partial charge is 0.123 e. The lowest BCUT2D eigenvalue weighted by atomic mass is 10.0. The average molecular weight is 429 g/mol. The monoisotopic (exact) mass is 428 g/mol. The molecule has 0 bridgehead atoms. The highest BCUT2D eigenvalue weighted by Gasteiger charge is 2.19. The van der Waals surface area contributed by atoms with E-state index in [1.54, 1.807) is 12.1 Å². The van der Waals surface area contributed by atoms with Gasteiger partial charge in [-0.3, -0.25) is 4.90 Å². The highest BCUT2D eigenvalue weighted by molar-refractivity contribution is 6.42. The van der Waals surface area contributed by atoms with Crippen LogP contribution < -0.4 is 4.90 Å². The second kappa shape index (κ2) is 9.17. The second-order valence-corrected chi connectivity index (χ2v) is 8.17. The zero-order chi connectivity index (χ0) is 20.2. The summed E-state index contributed by atoms with van der Waals surface area (Å²) in [6.07, 6.45) is 0.955. The molecule has 2 nitrogen and oxygen atoms in total. The van der Waals surface area contributed by atoms with Crippen molar-refractivity contribution in [2.24, 2.45) is 0 Å². The van der Waals surface area contributed by atoms with Gasteiger partial charge in [-0.15, -0.1) is 0 Å². The van der Waals surface area contributed by atoms with E-state index in [0.717, 1.165) is 50.3 Å². The number of halogens is 3. The van der Waals surface area contributed by atoms with Crippen LogP contribution in [0.1, 0.15) is 5.56 Å². The second-order valence-electron chi connectivity index (χ2n) is 7.35. The standard InChI is InChI=1S/C24H23Cl2FN2/c25-22-9-8-18(16-23(22)26)10-11-28-12-14-29(15-13-28)24-7-2-1-6-21(24)19-4-3-5-20(27)17-19/h1-9,16-17H,10-15H2. The van der Waals surface area contributed by atoms with Crippen molar-refractivity contribution in [2.75, 3.05) is 37.6 Å². The van der Waals surface area contributed by atoms with Gasteiger partial charge in [0.1, 0.15) is 5.82 Å². The van der Waals surface area contributed by atoms with Crippen LogP contribution in [-0.2, 0) is 6.42 Å². The van der Waals surface area contributed by atoms with E-state index in [4.69, 9.17) is 23.2 Å². The first-order valence-electron chi connectivity index (χ1n) is 9.86. The van der Waals surface area contributed by atoms with Gasteiger partial charge in [0.15, 0.2) is 0 Å². The highest BCUT2D eigenvalue weighted by atomic mass is 35.5. The Morgan fingerprint density at radius 2 is 1.59 bits per heavy atom. The number of benzene rings is 3. The van der Waals surface area contributed by atoms with E-state index in [-0.39, 0.29) is 5.82 Å².